The molecule has 18 heavy (non-hydrogen) atoms. The van der Waals surface area contributed by atoms with Crippen molar-refractivity contribution >= 4 is 17.6 Å². The van der Waals surface area contributed by atoms with Gasteiger partial charge in [0.2, 0.25) is 0 Å². The second-order valence-corrected chi connectivity index (χ2v) is 4.88. The van der Waals surface area contributed by atoms with Crippen LogP contribution in [0.1, 0.15) is 11.1 Å². The van der Waals surface area contributed by atoms with E-state index in [1.54, 1.807) is 0 Å². The lowest BCUT2D eigenvalue weighted by atomic mass is 10.1. The average molecular weight is 265 g/mol. The van der Waals surface area contributed by atoms with Crippen LogP contribution in [0.4, 0.5) is 0 Å². The molecule has 0 radical (unpaired) electrons. The van der Waals surface area contributed by atoms with Crippen molar-refractivity contribution in [2.24, 2.45) is 10.9 Å². The third-order valence-electron chi connectivity index (χ3n) is 2.32. The molecule has 0 amide bonds. The highest BCUT2D eigenvalue weighted by Gasteiger charge is 2.00. The molecule has 1 aromatic rings. The summed E-state index contributed by atoms with van der Waals surface area (Å²) in [5.74, 6) is 2.19. The Hall–Kier alpha value is -1.46. The molecule has 5 heteroatoms. The predicted molar refractivity (Wildman–Crippen MR) is 78.2 cm³/mol. The molecule has 0 atom stereocenters. The lowest BCUT2D eigenvalue weighted by molar-refractivity contribution is 0.318. The van der Waals surface area contributed by atoms with E-state index in [-0.39, 0.29) is 5.84 Å². The highest BCUT2D eigenvalue weighted by molar-refractivity contribution is 7.99. The Morgan fingerprint density at radius 3 is 3.11 bits per heavy atom. The van der Waals surface area contributed by atoms with Gasteiger partial charge in [-0.25, -0.2) is 0 Å². The van der Waals surface area contributed by atoms with E-state index in [0.29, 0.717) is 0 Å². The van der Waals surface area contributed by atoms with Gasteiger partial charge in [0.25, 0.3) is 0 Å². The SMILES string of the molecule is C=CCSCCNCc1cccc(/C(N)=N\O)c1. The highest BCUT2D eigenvalue weighted by Crippen LogP contribution is 2.05. The second-order valence-electron chi connectivity index (χ2n) is 3.73. The van der Waals surface area contributed by atoms with Gasteiger partial charge in [0.1, 0.15) is 0 Å². The van der Waals surface area contributed by atoms with Crippen LogP contribution < -0.4 is 11.1 Å². The largest absolute Gasteiger partial charge is 0.409 e. The molecule has 0 saturated carbocycles. The molecule has 0 aliphatic rings. The van der Waals surface area contributed by atoms with Gasteiger partial charge in [0.05, 0.1) is 0 Å². The molecule has 0 saturated heterocycles. The summed E-state index contributed by atoms with van der Waals surface area (Å²) in [5, 5.41) is 14.9. The van der Waals surface area contributed by atoms with E-state index >= 15 is 0 Å². The summed E-state index contributed by atoms with van der Waals surface area (Å²) >= 11 is 1.85. The van der Waals surface area contributed by atoms with E-state index in [2.05, 4.69) is 17.1 Å². The first kappa shape index (κ1) is 14.6. The molecule has 4 nitrogen and oxygen atoms in total. The molecule has 0 unspecified atom stereocenters. The molecule has 0 bridgehead atoms. The van der Waals surface area contributed by atoms with Crippen LogP contribution in [0.25, 0.3) is 0 Å². The quantitative estimate of drug-likeness (QED) is 0.167. The average Bonchev–Trinajstić information content (AvgIpc) is 2.42. The molecule has 0 aliphatic heterocycles. The van der Waals surface area contributed by atoms with Gasteiger partial charge >= 0.3 is 0 Å². The van der Waals surface area contributed by atoms with Crippen molar-refractivity contribution in [3.05, 3.63) is 48.0 Å². The Balaban J connectivity index is 2.36. The molecule has 0 aromatic heterocycles. The molecule has 0 spiro atoms. The number of oxime groups is 1. The number of benzene rings is 1. The van der Waals surface area contributed by atoms with E-state index < -0.39 is 0 Å². The third-order valence-corrected chi connectivity index (χ3v) is 3.28. The number of amidine groups is 1. The maximum Gasteiger partial charge on any atom is 0.170 e. The molecule has 1 aromatic carbocycles. The topological polar surface area (TPSA) is 70.6 Å². The molecule has 4 N–H and O–H groups in total. The summed E-state index contributed by atoms with van der Waals surface area (Å²) in [6, 6.07) is 7.65. The van der Waals surface area contributed by atoms with Gasteiger partial charge in [-0.2, -0.15) is 11.8 Å². The van der Waals surface area contributed by atoms with Crippen LogP contribution in [0.2, 0.25) is 0 Å². The van der Waals surface area contributed by atoms with Gasteiger partial charge < -0.3 is 16.3 Å². The fourth-order valence-electron chi connectivity index (χ4n) is 1.44. The molecule has 0 aliphatic carbocycles. The number of nitrogens with two attached hydrogens (primary N) is 1. The van der Waals surface area contributed by atoms with E-state index in [4.69, 9.17) is 10.9 Å². The summed E-state index contributed by atoms with van der Waals surface area (Å²) in [6.45, 7) is 5.41. The lowest BCUT2D eigenvalue weighted by Gasteiger charge is -2.06. The van der Waals surface area contributed by atoms with Crippen molar-refractivity contribution in [3.63, 3.8) is 0 Å². The van der Waals surface area contributed by atoms with E-state index in [9.17, 15) is 0 Å². The molecular weight excluding hydrogens is 246 g/mol. The van der Waals surface area contributed by atoms with E-state index in [1.165, 1.54) is 0 Å². The minimum absolute atomic E-state index is 0.137. The van der Waals surface area contributed by atoms with Crippen molar-refractivity contribution in [2.75, 3.05) is 18.1 Å². The number of thioether (sulfide) groups is 1. The summed E-state index contributed by atoms with van der Waals surface area (Å²) in [5.41, 5.74) is 7.39. The lowest BCUT2D eigenvalue weighted by Crippen LogP contribution is -2.18. The third kappa shape index (κ3) is 5.25. The molecular formula is C13H19N3OS. The minimum atomic E-state index is 0.137. The second kappa shape index (κ2) is 8.60. The zero-order chi connectivity index (χ0) is 13.2. The van der Waals surface area contributed by atoms with Gasteiger partial charge in [0, 0.05) is 30.2 Å². The number of hydrogen-bond acceptors (Lipinski definition) is 4. The van der Waals surface area contributed by atoms with Crippen LogP contribution in [0.15, 0.2) is 42.1 Å². The van der Waals surface area contributed by atoms with Crippen LogP contribution in [0.5, 0.6) is 0 Å². The number of nitrogens with zero attached hydrogens (tertiary/aromatic N) is 1. The Morgan fingerprint density at radius 1 is 1.56 bits per heavy atom. The Bertz CT molecular complexity index is 407. The van der Waals surface area contributed by atoms with Crippen molar-refractivity contribution in [1.29, 1.82) is 0 Å². The Morgan fingerprint density at radius 2 is 2.39 bits per heavy atom. The molecule has 0 fully saturated rings. The fourth-order valence-corrected chi connectivity index (χ4v) is 2.06. The summed E-state index contributed by atoms with van der Waals surface area (Å²) in [6.07, 6.45) is 1.91. The van der Waals surface area contributed by atoms with Crippen molar-refractivity contribution in [3.8, 4) is 0 Å². The summed E-state index contributed by atoms with van der Waals surface area (Å²) < 4.78 is 0. The highest BCUT2D eigenvalue weighted by atomic mass is 32.2. The first-order chi connectivity index (χ1) is 8.77. The first-order valence-corrected chi connectivity index (χ1v) is 6.89. The fraction of sp³-hybridized carbons (Fsp3) is 0.308. The standard InChI is InChI=1S/C13H19N3OS/c1-2-7-18-8-6-15-10-11-4-3-5-12(9-11)13(14)16-17/h2-5,9,15,17H,1,6-8,10H2,(H2,14,16). The number of nitrogens with one attached hydrogen (secondary N) is 1. The Kier molecular flexibility index (Phi) is 6.98. The normalized spacial score (nSPS) is 11.4. The van der Waals surface area contributed by atoms with Gasteiger partial charge in [-0.15, -0.1) is 6.58 Å². The maximum absolute atomic E-state index is 8.61. The van der Waals surface area contributed by atoms with Crippen molar-refractivity contribution in [1.82, 2.24) is 5.32 Å². The van der Waals surface area contributed by atoms with Crippen LogP contribution in [-0.2, 0) is 6.54 Å². The monoisotopic (exact) mass is 265 g/mol. The smallest absolute Gasteiger partial charge is 0.170 e. The van der Waals surface area contributed by atoms with Gasteiger partial charge in [-0.3, -0.25) is 0 Å². The van der Waals surface area contributed by atoms with Gasteiger partial charge in [-0.1, -0.05) is 29.4 Å². The Labute approximate surface area is 112 Å². The first-order valence-electron chi connectivity index (χ1n) is 5.74. The van der Waals surface area contributed by atoms with Gasteiger partial charge in [-0.05, 0) is 11.6 Å². The predicted octanol–water partition coefficient (Wildman–Crippen LogP) is 1.79. The summed E-state index contributed by atoms with van der Waals surface area (Å²) in [7, 11) is 0. The summed E-state index contributed by atoms with van der Waals surface area (Å²) in [4.78, 5) is 0. The zero-order valence-electron chi connectivity index (χ0n) is 10.3. The van der Waals surface area contributed by atoms with Crippen molar-refractivity contribution < 1.29 is 5.21 Å². The van der Waals surface area contributed by atoms with Crippen LogP contribution in [0, 0.1) is 0 Å². The minimum Gasteiger partial charge on any atom is -0.409 e. The maximum atomic E-state index is 8.61. The number of rotatable bonds is 8. The van der Waals surface area contributed by atoms with E-state index in [0.717, 1.165) is 35.7 Å². The van der Waals surface area contributed by atoms with Crippen molar-refractivity contribution in [2.45, 2.75) is 6.54 Å². The molecule has 98 valence electrons. The van der Waals surface area contributed by atoms with Gasteiger partial charge in [0.15, 0.2) is 5.84 Å². The molecule has 1 rings (SSSR count). The zero-order valence-corrected chi connectivity index (χ0v) is 11.1. The van der Waals surface area contributed by atoms with Crippen LogP contribution >= 0.6 is 11.8 Å². The van der Waals surface area contributed by atoms with E-state index in [1.807, 2.05) is 42.1 Å². The molecule has 0 heterocycles. The van der Waals surface area contributed by atoms with Crippen LogP contribution in [0.3, 0.4) is 0 Å². The number of hydrogen-bond donors (Lipinski definition) is 3. The van der Waals surface area contributed by atoms with Crippen LogP contribution in [-0.4, -0.2) is 29.1 Å².